The molecule has 0 spiro atoms. The van der Waals surface area contributed by atoms with Crippen molar-refractivity contribution in [1.82, 2.24) is 0 Å². The summed E-state index contributed by atoms with van der Waals surface area (Å²) >= 11 is 11.7. The first-order valence-corrected chi connectivity index (χ1v) is 8.30. The van der Waals surface area contributed by atoms with Gasteiger partial charge in [-0.2, -0.15) is 0 Å². The first-order chi connectivity index (χ1) is 11.2. The van der Waals surface area contributed by atoms with Crippen molar-refractivity contribution in [2.75, 3.05) is 0 Å². The minimum Gasteiger partial charge on any atom is -0.383 e. The number of benzene rings is 2. The van der Waals surface area contributed by atoms with E-state index < -0.39 is 11.2 Å². The lowest BCUT2D eigenvalue weighted by Gasteiger charge is -2.34. The molecule has 126 valence electrons. The Labute approximate surface area is 152 Å². The van der Waals surface area contributed by atoms with Gasteiger partial charge in [-0.1, -0.05) is 59.6 Å². The molecule has 0 amide bonds. The van der Waals surface area contributed by atoms with Crippen molar-refractivity contribution in [3.8, 4) is 0 Å². The molecule has 0 radical (unpaired) electrons. The van der Waals surface area contributed by atoms with E-state index in [-0.39, 0.29) is 0 Å². The Balaban J connectivity index is 2.15. The normalized spacial score (nSPS) is 17.1. The molecule has 2 atom stereocenters. The van der Waals surface area contributed by atoms with E-state index in [0.717, 1.165) is 11.1 Å². The Bertz CT molecular complexity index is 662. The molecular formula is C20H20Cl2O2. The van der Waals surface area contributed by atoms with Gasteiger partial charge in [0.05, 0.1) is 0 Å². The van der Waals surface area contributed by atoms with Gasteiger partial charge < -0.3 is 10.2 Å². The fraction of sp³-hybridized carbons (Fsp3) is 0.200. The number of halogens is 2. The van der Waals surface area contributed by atoms with E-state index in [1.807, 2.05) is 24.3 Å². The predicted molar refractivity (Wildman–Crippen MR) is 102 cm³/mol. The van der Waals surface area contributed by atoms with E-state index in [0.29, 0.717) is 10.0 Å². The number of hydrogen-bond acceptors (Lipinski definition) is 2. The van der Waals surface area contributed by atoms with Gasteiger partial charge in [-0.15, -0.1) is 0 Å². The predicted octanol–water partition coefficient (Wildman–Crippen LogP) is 5.22. The second-order valence-corrected chi connectivity index (χ2v) is 6.94. The van der Waals surface area contributed by atoms with Crippen LogP contribution in [-0.2, 0) is 0 Å². The molecule has 0 bridgehead atoms. The molecule has 0 aliphatic rings. The summed E-state index contributed by atoms with van der Waals surface area (Å²) in [6.45, 7) is 3.12. The fourth-order valence-corrected chi connectivity index (χ4v) is 2.25. The highest BCUT2D eigenvalue weighted by atomic mass is 35.5. The summed E-state index contributed by atoms with van der Waals surface area (Å²) in [4.78, 5) is 0. The van der Waals surface area contributed by atoms with Gasteiger partial charge in [0.1, 0.15) is 11.2 Å². The molecule has 24 heavy (non-hydrogen) atoms. The molecule has 0 aromatic heterocycles. The monoisotopic (exact) mass is 362 g/mol. The van der Waals surface area contributed by atoms with E-state index >= 15 is 0 Å². The van der Waals surface area contributed by atoms with Crippen LogP contribution in [0.15, 0.2) is 60.7 Å². The third-order valence-electron chi connectivity index (χ3n) is 3.97. The topological polar surface area (TPSA) is 40.5 Å². The third kappa shape index (κ3) is 4.96. The van der Waals surface area contributed by atoms with Crippen LogP contribution in [0.3, 0.4) is 0 Å². The zero-order valence-corrected chi connectivity index (χ0v) is 15.1. The average Bonchev–Trinajstić information content (AvgIpc) is 2.54. The standard InChI is InChI=1S/C20H20Cl2O2/c1-19(23,13-11-15-3-7-17(21)8-4-15)20(2,24)14-12-16-5-9-18(22)10-6-16/h3-14,23-24H,1-2H3/b13-11+,14-12+. The molecule has 2 nitrogen and oxygen atoms in total. The van der Waals surface area contributed by atoms with Crippen LogP contribution in [0.25, 0.3) is 12.2 Å². The van der Waals surface area contributed by atoms with Crippen molar-refractivity contribution in [2.45, 2.75) is 25.0 Å². The van der Waals surface area contributed by atoms with Gasteiger partial charge in [0.15, 0.2) is 0 Å². The van der Waals surface area contributed by atoms with Crippen LogP contribution in [0, 0.1) is 0 Å². The molecular weight excluding hydrogens is 343 g/mol. The van der Waals surface area contributed by atoms with Gasteiger partial charge in [0.2, 0.25) is 0 Å². The Morgan fingerprint density at radius 2 is 0.958 bits per heavy atom. The number of hydrogen-bond donors (Lipinski definition) is 2. The Kier molecular flexibility index (Phi) is 5.89. The summed E-state index contributed by atoms with van der Waals surface area (Å²) in [6.07, 6.45) is 6.65. The van der Waals surface area contributed by atoms with Crippen LogP contribution in [0.4, 0.5) is 0 Å². The first-order valence-electron chi connectivity index (χ1n) is 7.54. The first kappa shape index (κ1) is 18.8. The molecule has 2 N–H and O–H groups in total. The second-order valence-electron chi connectivity index (χ2n) is 6.06. The largest absolute Gasteiger partial charge is 0.383 e. The molecule has 0 fully saturated rings. The van der Waals surface area contributed by atoms with Crippen molar-refractivity contribution in [3.05, 3.63) is 81.9 Å². The molecule has 0 aliphatic heterocycles. The zero-order chi connectivity index (χ0) is 17.8. The Hall–Kier alpha value is -1.58. The Morgan fingerprint density at radius 3 is 1.25 bits per heavy atom. The smallest absolute Gasteiger partial charge is 0.112 e. The van der Waals surface area contributed by atoms with Gasteiger partial charge in [-0.05, 0) is 61.4 Å². The van der Waals surface area contributed by atoms with E-state index in [1.165, 1.54) is 0 Å². The van der Waals surface area contributed by atoms with Crippen LogP contribution in [0.2, 0.25) is 10.0 Å². The van der Waals surface area contributed by atoms with Crippen LogP contribution >= 0.6 is 23.2 Å². The van der Waals surface area contributed by atoms with Gasteiger partial charge in [-0.3, -0.25) is 0 Å². The van der Waals surface area contributed by atoms with E-state index in [2.05, 4.69) is 0 Å². The molecule has 0 heterocycles. The molecule has 2 unspecified atom stereocenters. The van der Waals surface area contributed by atoms with Crippen molar-refractivity contribution in [1.29, 1.82) is 0 Å². The second kappa shape index (κ2) is 7.54. The maximum atomic E-state index is 10.6. The molecule has 2 aromatic rings. The molecule has 2 aromatic carbocycles. The van der Waals surface area contributed by atoms with E-state index in [1.54, 1.807) is 62.4 Å². The highest BCUT2D eigenvalue weighted by molar-refractivity contribution is 6.30. The summed E-state index contributed by atoms with van der Waals surface area (Å²) in [6, 6.07) is 14.5. The molecule has 0 saturated carbocycles. The minimum absolute atomic E-state index is 0.650. The summed E-state index contributed by atoms with van der Waals surface area (Å²) in [5, 5.41) is 22.6. The lowest BCUT2D eigenvalue weighted by Crippen LogP contribution is -2.46. The lowest BCUT2D eigenvalue weighted by atomic mass is 9.84. The van der Waals surface area contributed by atoms with E-state index in [9.17, 15) is 10.2 Å². The van der Waals surface area contributed by atoms with Gasteiger partial charge in [0.25, 0.3) is 0 Å². The lowest BCUT2D eigenvalue weighted by molar-refractivity contribution is -0.0673. The summed E-state index contributed by atoms with van der Waals surface area (Å²) in [5.41, 5.74) is -1.13. The third-order valence-corrected chi connectivity index (χ3v) is 4.47. The van der Waals surface area contributed by atoms with Crippen LogP contribution in [0.1, 0.15) is 25.0 Å². The summed E-state index contributed by atoms with van der Waals surface area (Å²) in [7, 11) is 0. The maximum Gasteiger partial charge on any atom is 0.112 e. The molecule has 4 heteroatoms. The van der Waals surface area contributed by atoms with Gasteiger partial charge in [-0.25, -0.2) is 0 Å². The zero-order valence-electron chi connectivity index (χ0n) is 13.6. The number of aliphatic hydroxyl groups is 2. The number of rotatable bonds is 5. The summed E-state index contributed by atoms with van der Waals surface area (Å²) < 4.78 is 0. The van der Waals surface area contributed by atoms with Crippen LogP contribution < -0.4 is 0 Å². The van der Waals surface area contributed by atoms with Gasteiger partial charge >= 0.3 is 0 Å². The fourth-order valence-electron chi connectivity index (χ4n) is 2.00. The van der Waals surface area contributed by atoms with Crippen molar-refractivity contribution in [3.63, 3.8) is 0 Å². The highest BCUT2D eigenvalue weighted by Crippen LogP contribution is 2.27. The van der Waals surface area contributed by atoms with Gasteiger partial charge in [0, 0.05) is 10.0 Å². The molecule has 0 saturated heterocycles. The molecule has 2 rings (SSSR count). The quantitative estimate of drug-likeness (QED) is 0.764. The van der Waals surface area contributed by atoms with E-state index in [4.69, 9.17) is 23.2 Å². The van der Waals surface area contributed by atoms with Crippen LogP contribution in [0.5, 0.6) is 0 Å². The molecule has 0 aliphatic carbocycles. The van der Waals surface area contributed by atoms with Crippen molar-refractivity contribution >= 4 is 35.4 Å². The average molecular weight is 363 g/mol. The van der Waals surface area contributed by atoms with Crippen molar-refractivity contribution < 1.29 is 10.2 Å². The SMILES string of the molecule is CC(O)(/C=C/c1ccc(Cl)cc1)C(C)(O)/C=C/c1ccc(Cl)cc1. The minimum atomic E-state index is -1.45. The Morgan fingerprint density at radius 1 is 0.667 bits per heavy atom. The van der Waals surface area contributed by atoms with Crippen LogP contribution in [-0.4, -0.2) is 21.4 Å². The highest BCUT2D eigenvalue weighted by Gasteiger charge is 2.37. The summed E-state index contributed by atoms with van der Waals surface area (Å²) in [5.74, 6) is 0. The maximum absolute atomic E-state index is 10.6. The van der Waals surface area contributed by atoms with Crippen molar-refractivity contribution in [2.24, 2.45) is 0 Å².